The first-order valence-corrected chi connectivity index (χ1v) is 7.41. The van der Waals surface area contributed by atoms with Gasteiger partial charge in [-0.15, -0.1) is 0 Å². The smallest absolute Gasteiger partial charge is 0.219 e. The van der Waals surface area contributed by atoms with Crippen LogP contribution >= 0.6 is 27.5 Å². The predicted molar refractivity (Wildman–Crippen MR) is 81.5 cm³/mol. The summed E-state index contributed by atoms with van der Waals surface area (Å²) in [5.41, 5.74) is 0.542. The molecule has 20 heavy (non-hydrogen) atoms. The quantitative estimate of drug-likeness (QED) is 0.735. The maximum absolute atomic E-state index is 12.2. The number of carbonyl (C=O) groups is 1. The Morgan fingerprint density at radius 3 is 2.75 bits per heavy atom. The number of halogens is 2. The van der Waals surface area contributed by atoms with E-state index in [4.69, 9.17) is 16.3 Å². The zero-order valence-corrected chi connectivity index (χ0v) is 13.3. The van der Waals surface area contributed by atoms with Crippen molar-refractivity contribution in [2.45, 2.75) is 19.9 Å². The minimum Gasteiger partial charge on any atom is -0.485 e. The second-order valence-electron chi connectivity index (χ2n) is 4.23. The van der Waals surface area contributed by atoms with Crippen molar-refractivity contribution in [3.8, 4) is 5.75 Å². The Bertz CT molecular complexity index is 596. The fourth-order valence-corrected chi connectivity index (χ4v) is 2.41. The molecule has 0 spiro atoms. The van der Waals surface area contributed by atoms with Gasteiger partial charge in [0, 0.05) is 11.6 Å². The lowest BCUT2D eigenvalue weighted by Gasteiger charge is -2.08. The molecule has 0 atom stereocenters. The molecule has 0 unspecified atom stereocenters. The van der Waals surface area contributed by atoms with Crippen molar-refractivity contribution in [3.63, 3.8) is 0 Å². The van der Waals surface area contributed by atoms with Crippen molar-refractivity contribution in [1.82, 2.24) is 9.78 Å². The molecule has 0 aliphatic heterocycles. The van der Waals surface area contributed by atoms with Gasteiger partial charge in [-0.05, 0) is 46.6 Å². The summed E-state index contributed by atoms with van der Waals surface area (Å²) in [6.45, 7) is 2.71. The molecule has 0 amide bonds. The normalized spacial score (nSPS) is 10.6. The van der Waals surface area contributed by atoms with E-state index in [-0.39, 0.29) is 12.4 Å². The maximum Gasteiger partial charge on any atom is 0.219 e. The van der Waals surface area contributed by atoms with E-state index in [9.17, 15) is 4.79 Å². The Morgan fingerprint density at radius 2 is 2.10 bits per heavy atom. The number of ether oxygens (including phenoxy) is 1. The van der Waals surface area contributed by atoms with Crippen LogP contribution in [-0.2, 0) is 6.54 Å². The van der Waals surface area contributed by atoms with Gasteiger partial charge < -0.3 is 4.74 Å². The van der Waals surface area contributed by atoms with Crippen LogP contribution < -0.4 is 4.74 Å². The molecule has 0 aliphatic rings. The van der Waals surface area contributed by atoms with Gasteiger partial charge in [0.05, 0.1) is 10.7 Å². The van der Waals surface area contributed by atoms with Crippen molar-refractivity contribution >= 4 is 33.3 Å². The topological polar surface area (TPSA) is 44.1 Å². The molecule has 0 N–H and O–H groups in total. The minimum absolute atomic E-state index is 0.0321. The third kappa shape index (κ3) is 3.61. The van der Waals surface area contributed by atoms with E-state index >= 15 is 0 Å². The Morgan fingerprint density at radius 1 is 1.40 bits per heavy atom. The number of carbonyl (C=O) groups excluding carboxylic acids is 1. The number of hydrogen-bond donors (Lipinski definition) is 0. The van der Waals surface area contributed by atoms with E-state index in [0.717, 1.165) is 6.42 Å². The molecule has 0 radical (unpaired) electrons. The van der Waals surface area contributed by atoms with E-state index in [1.807, 2.05) is 6.92 Å². The largest absolute Gasteiger partial charge is 0.485 e. The molecule has 0 aliphatic carbocycles. The molecule has 6 heteroatoms. The van der Waals surface area contributed by atoms with Crippen molar-refractivity contribution < 1.29 is 9.53 Å². The summed E-state index contributed by atoms with van der Waals surface area (Å²) >= 11 is 9.14. The van der Waals surface area contributed by atoms with E-state index in [1.165, 1.54) is 0 Å². The highest BCUT2D eigenvalue weighted by molar-refractivity contribution is 9.10. The van der Waals surface area contributed by atoms with E-state index in [2.05, 4.69) is 21.0 Å². The van der Waals surface area contributed by atoms with E-state index < -0.39 is 0 Å². The number of hydrogen-bond acceptors (Lipinski definition) is 3. The molecule has 4 nitrogen and oxygen atoms in total. The summed E-state index contributed by atoms with van der Waals surface area (Å²) < 4.78 is 7.85. The van der Waals surface area contributed by atoms with Crippen molar-refractivity contribution in [3.05, 3.63) is 45.7 Å². The fourth-order valence-electron chi connectivity index (χ4n) is 1.77. The molecule has 2 aromatic rings. The van der Waals surface area contributed by atoms with Crippen LogP contribution in [0.3, 0.4) is 0 Å². The first-order valence-electron chi connectivity index (χ1n) is 6.24. The minimum atomic E-state index is -0.113. The number of ketones is 1. The molecular formula is C14H14BrClN2O2. The van der Waals surface area contributed by atoms with Crippen LogP contribution in [0, 0.1) is 0 Å². The third-order valence-corrected chi connectivity index (χ3v) is 3.51. The Hall–Kier alpha value is -1.33. The monoisotopic (exact) mass is 356 g/mol. The summed E-state index contributed by atoms with van der Waals surface area (Å²) in [4.78, 5) is 12.2. The number of aromatic nitrogens is 2. The average molecular weight is 358 g/mol. The number of rotatable bonds is 6. The molecule has 0 saturated carbocycles. The van der Waals surface area contributed by atoms with Gasteiger partial charge in [0.25, 0.3) is 0 Å². The zero-order chi connectivity index (χ0) is 14.5. The number of benzene rings is 1. The fraction of sp³-hybridized carbons (Fsp3) is 0.286. The average Bonchev–Trinajstić information content (AvgIpc) is 2.79. The summed E-state index contributed by atoms with van der Waals surface area (Å²) in [6, 6.07) is 6.90. The Balaban J connectivity index is 2.05. The lowest BCUT2D eigenvalue weighted by Crippen LogP contribution is -2.17. The highest BCUT2D eigenvalue weighted by atomic mass is 79.9. The first-order chi connectivity index (χ1) is 9.61. The molecule has 0 fully saturated rings. The van der Waals surface area contributed by atoms with Crippen LogP contribution in [0.2, 0.25) is 5.02 Å². The van der Waals surface area contributed by atoms with Crippen LogP contribution in [0.15, 0.2) is 34.9 Å². The molecule has 1 heterocycles. The number of nitrogens with zero attached hydrogens (tertiary/aromatic N) is 2. The van der Waals surface area contributed by atoms with Crippen LogP contribution in [0.1, 0.15) is 23.8 Å². The lowest BCUT2D eigenvalue weighted by atomic mass is 10.3. The molecule has 1 aromatic carbocycles. The molecule has 0 saturated heterocycles. The molecule has 1 aromatic heterocycles. The van der Waals surface area contributed by atoms with Gasteiger partial charge in [0.1, 0.15) is 11.4 Å². The van der Waals surface area contributed by atoms with Gasteiger partial charge in [0.15, 0.2) is 6.61 Å². The van der Waals surface area contributed by atoms with Gasteiger partial charge in [-0.2, -0.15) is 5.10 Å². The van der Waals surface area contributed by atoms with Crippen molar-refractivity contribution in [2.24, 2.45) is 0 Å². The van der Waals surface area contributed by atoms with Gasteiger partial charge in [-0.1, -0.05) is 18.5 Å². The van der Waals surface area contributed by atoms with E-state index in [0.29, 0.717) is 27.5 Å². The number of Topliss-reactive ketones (excluding diaryl/α,β-unsaturated/α-hetero) is 1. The standard InChI is InChI=1S/C14H14BrClN2O2/c1-2-7-18-14(12(15)8-17-18)13(19)9-20-11-5-3-10(16)4-6-11/h3-6,8H,2,7,9H2,1H3. The highest BCUT2D eigenvalue weighted by Crippen LogP contribution is 2.19. The van der Waals surface area contributed by atoms with Gasteiger partial charge >= 0.3 is 0 Å². The van der Waals surface area contributed by atoms with Crippen molar-refractivity contribution in [2.75, 3.05) is 6.61 Å². The predicted octanol–water partition coefficient (Wildman–Crippen LogP) is 3.97. The summed E-state index contributed by atoms with van der Waals surface area (Å²) in [7, 11) is 0. The van der Waals surface area contributed by atoms with Crippen LogP contribution in [0.25, 0.3) is 0 Å². The third-order valence-electron chi connectivity index (χ3n) is 2.68. The van der Waals surface area contributed by atoms with Crippen molar-refractivity contribution in [1.29, 1.82) is 0 Å². The highest BCUT2D eigenvalue weighted by Gasteiger charge is 2.17. The summed E-state index contributed by atoms with van der Waals surface area (Å²) in [5.74, 6) is 0.498. The Labute approximate surface area is 130 Å². The zero-order valence-electron chi connectivity index (χ0n) is 11.0. The van der Waals surface area contributed by atoms with Gasteiger partial charge in [-0.25, -0.2) is 0 Å². The number of aryl methyl sites for hydroxylation is 1. The van der Waals surface area contributed by atoms with Gasteiger partial charge in [-0.3, -0.25) is 9.48 Å². The summed E-state index contributed by atoms with van der Waals surface area (Å²) in [5, 5.41) is 4.80. The molecule has 2 rings (SSSR count). The second-order valence-corrected chi connectivity index (χ2v) is 5.52. The Kier molecular flexibility index (Phi) is 5.20. The second kappa shape index (κ2) is 6.90. The van der Waals surface area contributed by atoms with Crippen LogP contribution in [0.4, 0.5) is 0 Å². The summed E-state index contributed by atoms with van der Waals surface area (Å²) in [6.07, 6.45) is 2.54. The van der Waals surface area contributed by atoms with Gasteiger partial charge in [0.2, 0.25) is 5.78 Å². The van der Waals surface area contributed by atoms with Crippen LogP contribution in [0.5, 0.6) is 5.75 Å². The first kappa shape index (κ1) is 15.1. The molecular weight excluding hydrogens is 344 g/mol. The molecule has 106 valence electrons. The lowest BCUT2D eigenvalue weighted by molar-refractivity contribution is 0.0909. The SMILES string of the molecule is CCCn1ncc(Br)c1C(=O)COc1ccc(Cl)cc1. The van der Waals surface area contributed by atoms with Crippen LogP contribution in [-0.4, -0.2) is 22.2 Å². The maximum atomic E-state index is 12.2. The molecule has 0 bridgehead atoms. The van der Waals surface area contributed by atoms with E-state index in [1.54, 1.807) is 35.1 Å².